The molecule has 0 unspecified atom stereocenters. The monoisotopic (exact) mass is 234 g/mol. The Morgan fingerprint density at radius 1 is 1.29 bits per heavy atom. The SMILES string of the molecule is CCC(=Cc1ccc2c(c1)OCCCO2)CO. The molecule has 92 valence electrons. The van der Waals surface area contributed by atoms with Gasteiger partial charge in [0.15, 0.2) is 11.5 Å². The minimum Gasteiger partial charge on any atom is -0.490 e. The van der Waals surface area contributed by atoms with E-state index in [2.05, 4.69) is 0 Å². The second-order valence-corrected chi connectivity index (χ2v) is 4.07. The van der Waals surface area contributed by atoms with Crippen molar-refractivity contribution in [2.75, 3.05) is 19.8 Å². The number of benzene rings is 1. The van der Waals surface area contributed by atoms with Crippen molar-refractivity contribution in [3.63, 3.8) is 0 Å². The predicted molar refractivity (Wildman–Crippen MR) is 67.4 cm³/mol. The lowest BCUT2D eigenvalue weighted by molar-refractivity contribution is 0.297. The number of ether oxygens (including phenoxy) is 2. The zero-order chi connectivity index (χ0) is 12.1. The van der Waals surface area contributed by atoms with Gasteiger partial charge in [-0.3, -0.25) is 0 Å². The number of fused-ring (bicyclic) bond motifs is 1. The van der Waals surface area contributed by atoms with Crippen LogP contribution in [-0.4, -0.2) is 24.9 Å². The lowest BCUT2D eigenvalue weighted by Gasteiger charge is -2.08. The average Bonchev–Trinajstić information content (AvgIpc) is 2.60. The Balaban J connectivity index is 2.26. The molecule has 1 aliphatic heterocycles. The molecule has 1 N–H and O–H groups in total. The van der Waals surface area contributed by atoms with E-state index < -0.39 is 0 Å². The van der Waals surface area contributed by atoms with Crippen LogP contribution in [0.5, 0.6) is 11.5 Å². The van der Waals surface area contributed by atoms with Gasteiger partial charge in [0.1, 0.15) is 0 Å². The molecule has 0 amide bonds. The van der Waals surface area contributed by atoms with Crippen molar-refractivity contribution in [2.45, 2.75) is 19.8 Å². The van der Waals surface area contributed by atoms with Crippen molar-refractivity contribution in [3.8, 4) is 11.5 Å². The van der Waals surface area contributed by atoms with E-state index in [1.54, 1.807) is 0 Å². The second-order valence-electron chi connectivity index (χ2n) is 4.07. The first-order chi connectivity index (χ1) is 8.33. The third kappa shape index (κ3) is 3.01. The van der Waals surface area contributed by atoms with Gasteiger partial charge in [0.2, 0.25) is 0 Å². The third-order valence-electron chi connectivity index (χ3n) is 2.80. The fourth-order valence-electron chi connectivity index (χ4n) is 1.76. The van der Waals surface area contributed by atoms with Crippen LogP contribution in [0.2, 0.25) is 0 Å². The van der Waals surface area contributed by atoms with Gasteiger partial charge < -0.3 is 14.6 Å². The summed E-state index contributed by atoms with van der Waals surface area (Å²) in [4.78, 5) is 0. The maximum absolute atomic E-state index is 9.15. The molecule has 0 aliphatic carbocycles. The molecule has 0 bridgehead atoms. The zero-order valence-electron chi connectivity index (χ0n) is 10.1. The number of hydrogen-bond donors (Lipinski definition) is 1. The molecule has 1 aromatic carbocycles. The van der Waals surface area contributed by atoms with Crippen LogP contribution in [0.3, 0.4) is 0 Å². The Morgan fingerprint density at radius 3 is 2.76 bits per heavy atom. The molecular formula is C14H18O3. The molecule has 1 heterocycles. The van der Waals surface area contributed by atoms with Crippen LogP contribution in [0.15, 0.2) is 23.8 Å². The first kappa shape index (κ1) is 12.0. The molecule has 0 saturated heterocycles. The predicted octanol–water partition coefficient (Wildman–Crippen LogP) is 2.63. The molecule has 1 aliphatic rings. The quantitative estimate of drug-likeness (QED) is 0.873. The van der Waals surface area contributed by atoms with Gasteiger partial charge in [-0.2, -0.15) is 0 Å². The number of aliphatic hydroxyl groups excluding tert-OH is 1. The molecule has 17 heavy (non-hydrogen) atoms. The average molecular weight is 234 g/mol. The first-order valence-corrected chi connectivity index (χ1v) is 6.03. The van der Waals surface area contributed by atoms with Gasteiger partial charge in [-0.05, 0) is 29.7 Å². The highest BCUT2D eigenvalue weighted by Crippen LogP contribution is 2.31. The molecule has 0 aromatic heterocycles. The van der Waals surface area contributed by atoms with E-state index in [0.29, 0.717) is 13.2 Å². The number of aliphatic hydroxyl groups is 1. The first-order valence-electron chi connectivity index (χ1n) is 6.03. The maximum atomic E-state index is 9.15. The maximum Gasteiger partial charge on any atom is 0.161 e. The number of rotatable bonds is 3. The largest absolute Gasteiger partial charge is 0.490 e. The van der Waals surface area contributed by atoms with Gasteiger partial charge in [0.05, 0.1) is 19.8 Å². The van der Waals surface area contributed by atoms with Crippen LogP contribution in [0.25, 0.3) is 6.08 Å². The molecule has 3 nitrogen and oxygen atoms in total. The minimum absolute atomic E-state index is 0.102. The summed E-state index contributed by atoms with van der Waals surface area (Å²) in [6, 6.07) is 5.88. The molecule has 1 aromatic rings. The van der Waals surface area contributed by atoms with Crippen LogP contribution in [0.1, 0.15) is 25.3 Å². The fourth-order valence-corrected chi connectivity index (χ4v) is 1.76. The van der Waals surface area contributed by atoms with Gasteiger partial charge in [-0.1, -0.05) is 19.1 Å². The minimum atomic E-state index is 0.102. The van der Waals surface area contributed by atoms with Crippen molar-refractivity contribution in [2.24, 2.45) is 0 Å². The Hall–Kier alpha value is -1.48. The van der Waals surface area contributed by atoms with Crippen molar-refractivity contribution >= 4 is 6.08 Å². The van der Waals surface area contributed by atoms with E-state index in [-0.39, 0.29) is 6.61 Å². The lowest BCUT2D eigenvalue weighted by Crippen LogP contribution is -1.97. The van der Waals surface area contributed by atoms with Crippen LogP contribution < -0.4 is 9.47 Å². The smallest absolute Gasteiger partial charge is 0.161 e. The topological polar surface area (TPSA) is 38.7 Å². The highest BCUT2D eigenvalue weighted by Gasteiger charge is 2.09. The summed E-state index contributed by atoms with van der Waals surface area (Å²) in [6.45, 7) is 3.54. The molecular weight excluding hydrogens is 216 g/mol. The summed E-state index contributed by atoms with van der Waals surface area (Å²) in [5.74, 6) is 1.60. The molecule has 3 heteroatoms. The Morgan fingerprint density at radius 2 is 2.06 bits per heavy atom. The van der Waals surface area contributed by atoms with Gasteiger partial charge >= 0.3 is 0 Å². The van der Waals surface area contributed by atoms with Gasteiger partial charge in [0, 0.05) is 6.42 Å². The van der Waals surface area contributed by atoms with Crippen LogP contribution in [-0.2, 0) is 0 Å². The van der Waals surface area contributed by atoms with Crippen molar-refractivity contribution < 1.29 is 14.6 Å². The summed E-state index contributed by atoms with van der Waals surface area (Å²) in [6.07, 6.45) is 3.76. The molecule has 0 radical (unpaired) electrons. The fraction of sp³-hybridized carbons (Fsp3) is 0.429. The molecule has 2 rings (SSSR count). The molecule has 0 atom stereocenters. The Labute approximate surface area is 102 Å². The normalized spacial score (nSPS) is 15.5. The molecule has 0 saturated carbocycles. The molecule has 0 fully saturated rings. The highest BCUT2D eigenvalue weighted by atomic mass is 16.5. The standard InChI is InChI=1S/C14H18O3/c1-2-11(10-15)8-12-4-5-13-14(9-12)17-7-3-6-16-13/h4-5,8-9,15H,2-3,6-7,10H2,1H3. The van der Waals surface area contributed by atoms with E-state index in [0.717, 1.165) is 35.5 Å². The zero-order valence-corrected chi connectivity index (χ0v) is 10.1. The lowest BCUT2D eigenvalue weighted by atomic mass is 10.1. The van der Waals surface area contributed by atoms with Crippen molar-refractivity contribution in [1.82, 2.24) is 0 Å². The number of hydrogen-bond acceptors (Lipinski definition) is 3. The summed E-state index contributed by atoms with van der Waals surface area (Å²) >= 11 is 0. The highest BCUT2D eigenvalue weighted by molar-refractivity contribution is 5.58. The van der Waals surface area contributed by atoms with E-state index >= 15 is 0 Å². The van der Waals surface area contributed by atoms with Crippen molar-refractivity contribution in [3.05, 3.63) is 29.3 Å². The summed E-state index contributed by atoms with van der Waals surface area (Å²) in [5, 5.41) is 9.15. The van der Waals surface area contributed by atoms with Gasteiger partial charge in [-0.15, -0.1) is 0 Å². The van der Waals surface area contributed by atoms with Gasteiger partial charge in [-0.25, -0.2) is 0 Å². The van der Waals surface area contributed by atoms with Crippen LogP contribution >= 0.6 is 0 Å². The van der Waals surface area contributed by atoms with E-state index in [1.165, 1.54) is 0 Å². The van der Waals surface area contributed by atoms with Crippen LogP contribution in [0.4, 0.5) is 0 Å². The summed E-state index contributed by atoms with van der Waals surface area (Å²) in [5.41, 5.74) is 2.06. The van der Waals surface area contributed by atoms with E-state index in [4.69, 9.17) is 14.6 Å². The van der Waals surface area contributed by atoms with E-state index in [1.807, 2.05) is 31.2 Å². The third-order valence-corrected chi connectivity index (χ3v) is 2.80. The Kier molecular flexibility index (Phi) is 4.04. The van der Waals surface area contributed by atoms with Crippen LogP contribution in [0, 0.1) is 0 Å². The van der Waals surface area contributed by atoms with Gasteiger partial charge in [0.25, 0.3) is 0 Å². The second kappa shape index (κ2) is 5.73. The summed E-state index contributed by atoms with van der Waals surface area (Å²) < 4.78 is 11.2. The molecule has 0 spiro atoms. The summed E-state index contributed by atoms with van der Waals surface area (Å²) in [7, 11) is 0. The Bertz CT molecular complexity index is 404. The van der Waals surface area contributed by atoms with Crippen molar-refractivity contribution in [1.29, 1.82) is 0 Å². The van der Waals surface area contributed by atoms with E-state index in [9.17, 15) is 0 Å².